The van der Waals surface area contributed by atoms with Gasteiger partial charge in [-0.05, 0) is 37.8 Å². The van der Waals surface area contributed by atoms with Crippen molar-refractivity contribution in [1.82, 2.24) is 0 Å². The number of carbonyl (C=O) groups excluding carboxylic acids is 1. The lowest BCUT2D eigenvalue weighted by Crippen LogP contribution is -2.26. The summed E-state index contributed by atoms with van der Waals surface area (Å²) in [4.78, 5) is 23.6. The van der Waals surface area contributed by atoms with Crippen LogP contribution >= 0.6 is 0 Å². The van der Waals surface area contributed by atoms with Crippen LogP contribution < -0.4 is 0 Å². The Morgan fingerprint density at radius 3 is 2.50 bits per heavy atom. The van der Waals surface area contributed by atoms with Crippen molar-refractivity contribution in [3.63, 3.8) is 0 Å². The predicted molar refractivity (Wildman–Crippen MR) is 68.7 cm³/mol. The highest BCUT2D eigenvalue weighted by Gasteiger charge is 2.38. The molecule has 96 valence electrons. The van der Waals surface area contributed by atoms with E-state index in [0.717, 1.165) is 17.5 Å². The van der Waals surface area contributed by atoms with E-state index < -0.39 is 11.9 Å². The SMILES string of the molecule is Cc1cccc(C(=O)[C@H]2CCC[C@H]2C(=O)O)c1C. The molecular weight excluding hydrogens is 228 g/mol. The Bertz CT molecular complexity index is 491. The Morgan fingerprint density at radius 2 is 1.83 bits per heavy atom. The number of benzene rings is 1. The van der Waals surface area contributed by atoms with E-state index >= 15 is 0 Å². The normalized spacial score (nSPS) is 23.0. The molecule has 0 spiro atoms. The van der Waals surface area contributed by atoms with E-state index in [4.69, 9.17) is 5.11 Å². The molecule has 1 saturated carbocycles. The summed E-state index contributed by atoms with van der Waals surface area (Å²) in [6, 6.07) is 5.64. The van der Waals surface area contributed by atoms with Crippen molar-refractivity contribution in [3.8, 4) is 0 Å². The van der Waals surface area contributed by atoms with Crippen molar-refractivity contribution in [2.75, 3.05) is 0 Å². The molecule has 0 amide bonds. The lowest BCUT2D eigenvalue weighted by molar-refractivity contribution is -0.142. The second-order valence-corrected chi connectivity index (χ2v) is 5.09. The van der Waals surface area contributed by atoms with Gasteiger partial charge in [-0.15, -0.1) is 0 Å². The van der Waals surface area contributed by atoms with Crippen LogP contribution in [0.1, 0.15) is 40.7 Å². The summed E-state index contributed by atoms with van der Waals surface area (Å²) in [6.07, 6.45) is 2.15. The van der Waals surface area contributed by atoms with E-state index in [1.165, 1.54) is 0 Å². The van der Waals surface area contributed by atoms with Crippen LogP contribution in [0.25, 0.3) is 0 Å². The first-order valence-corrected chi connectivity index (χ1v) is 6.35. The number of hydrogen-bond donors (Lipinski definition) is 1. The van der Waals surface area contributed by atoms with Crippen LogP contribution in [0.4, 0.5) is 0 Å². The maximum Gasteiger partial charge on any atom is 0.307 e. The second-order valence-electron chi connectivity index (χ2n) is 5.09. The molecule has 1 fully saturated rings. The van der Waals surface area contributed by atoms with Gasteiger partial charge in [0.05, 0.1) is 5.92 Å². The van der Waals surface area contributed by atoms with E-state index in [1.807, 2.05) is 32.0 Å². The first-order chi connectivity index (χ1) is 8.52. The minimum absolute atomic E-state index is 0.00102. The van der Waals surface area contributed by atoms with Crippen molar-refractivity contribution in [3.05, 3.63) is 34.9 Å². The number of Topliss-reactive ketones (excluding diaryl/α,β-unsaturated/α-hetero) is 1. The van der Waals surface area contributed by atoms with E-state index in [0.29, 0.717) is 18.4 Å². The molecule has 2 rings (SSSR count). The third-order valence-corrected chi connectivity index (χ3v) is 4.04. The van der Waals surface area contributed by atoms with Gasteiger partial charge in [-0.2, -0.15) is 0 Å². The second kappa shape index (κ2) is 4.92. The van der Waals surface area contributed by atoms with Crippen LogP contribution in [-0.2, 0) is 4.79 Å². The fraction of sp³-hybridized carbons (Fsp3) is 0.467. The van der Waals surface area contributed by atoms with E-state index in [1.54, 1.807) is 0 Å². The maximum absolute atomic E-state index is 12.5. The van der Waals surface area contributed by atoms with Gasteiger partial charge < -0.3 is 5.11 Å². The summed E-state index contributed by atoms with van der Waals surface area (Å²) < 4.78 is 0. The van der Waals surface area contributed by atoms with Gasteiger partial charge in [-0.3, -0.25) is 9.59 Å². The molecule has 0 aromatic heterocycles. The van der Waals surface area contributed by atoms with Crippen molar-refractivity contribution in [1.29, 1.82) is 0 Å². The lowest BCUT2D eigenvalue weighted by Gasteiger charge is -2.16. The molecule has 0 saturated heterocycles. The summed E-state index contributed by atoms with van der Waals surface area (Å²) >= 11 is 0. The molecule has 2 atom stereocenters. The topological polar surface area (TPSA) is 54.4 Å². The summed E-state index contributed by atoms with van der Waals surface area (Å²) in [6.45, 7) is 3.89. The summed E-state index contributed by atoms with van der Waals surface area (Å²) in [5.74, 6) is -1.68. The quantitative estimate of drug-likeness (QED) is 0.834. The van der Waals surface area contributed by atoms with E-state index in [-0.39, 0.29) is 11.7 Å². The van der Waals surface area contributed by atoms with Gasteiger partial charge in [-0.1, -0.05) is 24.6 Å². The number of rotatable bonds is 3. The average Bonchev–Trinajstić information content (AvgIpc) is 2.81. The predicted octanol–water partition coefficient (Wildman–Crippen LogP) is 2.99. The smallest absolute Gasteiger partial charge is 0.307 e. The summed E-state index contributed by atoms with van der Waals surface area (Å²) in [5, 5.41) is 9.15. The monoisotopic (exact) mass is 246 g/mol. The molecular formula is C15H18O3. The fourth-order valence-corrected chi connectivity index (χ4v) is 2.79. The molecule has 0 heterocycles. The highest BCUT2D eigenvalue weighted by atomic mass is 16.4. The number of aliphatic carboxylic acids is 1. The average molecular weight is 246 g/mol. The largest absolute Gasteiger partial charge is 0.481 e. The first kappa shape index (κ1) is 12.8. The minimum Gasteiger partial charge on any atom is -0.481 e. The molecule has 0 radical (unpaired) electrons. The summed E-state index contributed by atoms with van der Waals surface area (Å²) in [7, 11) is 0. The summed E-state index contributed by atoms with van der Waals surface area (Å²) in [5.41, 5.74) is 2.73. The Balaban J connectivity index is 2.31. The molecule has 1 aromatic carbocycles. The highest BCUT2D eigenvalue weighted by molar-refractivity contribution is 6.01. The molecule has 1 N–H and O–H groups in total. The molecule has 0 unspecified atom stereocenters. The Labute approximate surface area is 107 Å². The van der Waals surface area contributed by atoms with E-state index in [2.05, 4.69) is 0 Å². The molecule has 18 heavy (non-hydrogen) atoms. The van der Waals surface area contributed by atoms with Crippen molar-refractivity contribution in [2.45, 2.75) is 33.1 Å². The third-order valence-electron chi connectivity index (χ3n) is 4.04. The van der Waals surface area contributed by atoms with Crippen LogP contribution in [0.3, 0.4) is 0 Å². The Hall–Kier alpha value is -1.64. The zero-order chi connectivity index (χ0) is 13.3. The van der Waals surface area contributed by atoms with Crippen LogP contribution in [0.15, 0.2) is 18.2 Å². The molecule has 3 heteroatoms. The van der Waals surface area contributed by atoms with Crippen LogP contribution in [0.2, 0.25) is 0 Å². The molecule has 0 bridgehead atoms. The standard InChI is InChI=1S/C15H18O3/c1-9-5-3-6-11(10(9)2)14(16)12-7-4-8-13(12)15(17)18/h3,5-6,12-13H,4,7-8H2,1-2H3,(H,17,18)/t12-,13+/m0/s1. The van der Waals surface area contributed by atoms with Gasteiger partial charge in [-0.25, -0.2) is 0 Å². The molecule has 1 aliphatic carbocycles. The first-order valence-electron chi connectivity index (χ1n) is 6.35. The van der Waals surface area contributed by atoms with Crippen LogP contribution in [0, 0.1) is 25.7 Å². The van der Waals surface area contributed by atoms with Gasteiger partial charge in [0.2, 0.25) is 0 Å². The number of aryl methyl sites for hydroxylation is 1. The van der Waals surface area contributed by atoms with Crippen molar-refractivity contribution >= 4 is 11.8 Å². The van der Waals surface area contributed by atoms with E-state index in [9.17, 15) is 9.59 Å². The lowest BCUT2D eigenvalue weighted by atomic mass is 9.86. The molecule has 3 nitrogen and oxygen atoms in total. The van der Waals surface area contributed by atoms with Gasteiger partial charge in [0, 0.05) is 11.5 Å². The number of hydrogen-bond acceptors (Lipinski definition) is 2. The van der Waals surface area contributed by atoms with Gasteiger partial charge >= 0.3 is 5.97 Å². The van der Waals surface area contributed by atoms with Crippen molar-refractivity contribution in [2.24, 2.45) is 11.8 Å². The maximum atomic E-state index is 12.5. The van der Waals surface area contributed by atoms with Crippen molar-refractivity contribution < 1.29 is 14.7 Å². The molecule has 0 aliphatic heterocycles. The molecule has 1 aliphatic rings. The highest BCUT2D eigenvalue weighted by Crippen LogP contribution is 2.35. The zero-order valence-electron chi connectivity index (χ0n) is 10.8. The van der Waals surface area contributed by atoms with Gasteiger partial charge in [0.1, 0.15) is 0 Å². The number of ketones is 1. The number of carbonyl (C=O) groups is 2. The zero-order valence-corrected chi connectivity index (χ0v) is 10.8. The number of carboxylic acid groups (broad SMARTS) is 1. The van der Waals surface area contributed by atoms with Gasteiger partial charge in [0.15, 0.2) is 5.78 Å². The number of carboxylic acids is 1. The Morgan fingerprint density at radius 1 is 1.17 bits per heavy atom. The van der Waals surface area contributed by atoms with Crippen LogP contribution in [0.5, 0.6) is 0 Å². The minimum atomic E-state index is -0.837. The third kappa shape index (κ3) is 2.17. The van der Waals surface area contributed by atoms with Gasteiger partial charge in [0.25, 0.3) is 0 Å². The Kier molecular flexibility index (Phi) is 3.50. The fourth-order valence-electron chi connectivity index (χ4n) is 2.79. The molecule has 1 aromatic rings. The van der Waals surface area contributed by atoms with Crippen LogP contribution in [-0.4, -0.2) is 16.9 Å².